The lowest BCUT2D eigenvalue weighted by Gasteiger charge is -2.13. The lowest BCUT2D eigenvalue weighted by Crippen LogP contribution is -2.33. The van der Waals surface area contributed by atoms with E-state index in [1.807, 2.05) is 0 Å². The summed E-state index contributed by atoms with van der Waals surface area (Å²) in [5, 5.41) is 0.400. The Kier molecular flexibility index (Phi) is 3.21. The number of imide groups is 1. The Balaban J connectivity index is 1.89. The second-order valence-electron chi connectivity index (χ2n) is 4.74. The number of benzene rings is 2. The van der Waals surface area contributed by atoms with Gasteiger partial charge in [0.15, 0.2) is 0 Å². The highest BCUT2D eigenvalue weighted by Gasteiger charge is 2.38. The predicted molar refractivity (Wildman–Crippen MR) is 73.5 cm³/mol. The van der Waals surface area contributed by atoms with Gasteiger partial charge in [0.05, 0.1) is 16.7 Å². The molecule has 2 amide bonds. The Morgan fingerprint density at radius 3 is 2.18 bits per heavy atom. The molecule has 0 bridgehead atoms. The van der Waals surface area contributed by atoms with Gasteiger partial charge in [0.25, 0.3) is 11.8 Å². The molecule has 0 aliphatic carbocycles. The molecule has 0 radical (unpaired) electrons. The van der Waals surface area contributed by atoms with Crippen molar-refractivity contribution in [2.45, 2.75) is 6.92 Å². The summed E-state index contributed by atoms with van der Waals surface area (Å²) in [6.07, 6.45) is 0. The molecule has 1 heterocycles. The summed E-state index contributed by atoms with van der Waals surface area (Å²) in [5.74, 6) is -2.98. The van der Waals surface area contributed by atoms with Crippen LogP contribution in [0.3, 0.4) is 0 Å². The highest BCUT2D eigenvalue weighted by atomic mass is 19.1. The highest BCUT2D eigenvalue weighted by Crippen LogP contribution is 2.24. The predicted octanol–water partition coefficient (Wildman–Crippen LogP) is 2.50. The van der Waals surface area contributed by atoms with E-state index in [9.17, 15) is 18.8 Å². The van der Waals surface area contributed by atoms with Gasteiger partial charge < -0.3 is 4.84 Å². The Morgan fingerprint density at radius 2 is 1.59 bits per heavy atom. The van der Waals surface area contributed by atoms with Crippen molar-refractivity contribution in [1.29, 1.82) is 0 Å². The van der Waals surface area contributed by atoms with Gasteiger partial charge in [0.1, 0.15) is 5.82 Å². The van der Waals surface area contributed by atoms with Crippen molar-refractivity contribution >= 4 is 17.8 Å². The van der Waals surface area contributed by atoms with Crippen molar-refractivity contribution in [3.63, 3.8) is 0 Å². The molecule has 6 heteroatoms. The van der Waals surface area contributed by atoms with Gasteiger partial charge in [-0.05, 0) is 36.8 Å². The summed E-state index contributed by atoms with van der Waals surface area (Å²) < 4.78 is 13.5. The smallest absolute Gasteiger partial charge is 0.324 e. The fourth-order valence-electron chi connectivity index (χ4n) is 2.21. The largest absolute Gasteiger partial charge is 0.364 e. The second kappa shape index (κ2) is 5.07. The molecule has 0 unspecified atom stereocenters. The van der Waals surface area contributed by atoms with Gasteiger partial charge in [0, 0.05) is 0 Å². The van der Waals surface area contributed by atoms with E-state index < -0.39 is 23.6 Å². The number of nitrogens with zero attached hydrogens (tertiary/aromatic N) is 1. The molecule has 22 heavy (non-hydrogen) atoms. The van der Waals surface area contributed by atoms with Gasteiger partial charge in [-0.15, -0.1) is 0 Å². The molecule has 3 rings (SSSR count). The van der Waals surface area contributed by atoms with E-state index in [2.05, 4.69) is 0 Å². The molecule has 0 saturated heterocycles. The van der Waals surface area contributed by atoms with Crippen LogP contribution in [0.1, 0.15) is 36.6 Å². The summed E-state index contributed by atoms with van der Waals surface area (Å²) in [6.45, 7) is 1.41. The molecular weight excluding hydrogens is 289 g/mol. The van der Waals surface area contributed by atoms with Crippen LogP contribution in [0.5, 0.6) is 0 Å². The highest BCUT2D eigenvalue weighted by molar-refractivity contribution is 6.21. The average Bonchev–Trinajstić information content (AvgIpc) is 2.75. The SMILES string of the molecule is Cc1c(F)cccc1C(=O)ON1C(=O)c2ccccc2C1=O. The molecule has 2 aromatic carbocycles. The normalized spacial score (nSPS) is 13.3. The Labute approximate surface area is 124 Å². The fraction of sp³-hybridized carbons (Fsp3) is 0.0625. The van der Waals surface area contributed by atoms with Crippen LogP contribution in [-0.4, -0.2) is 22.8 Å². The fourth-order valence-corrected chi connectivity index (χ4v) is 2.21. The third-order valence-electron chi connectivity index (χ3n) is 3.42. The third kappa shape index (κ3) is 2.05. The van der Waals surface area contributed by atoms with E-state index in [-0.39, 0.29) is 22.3 Å². The molecule has 0 fully saturated rings. The van der Waals surface area contributed by atoms with E-state index in [0.717, 1.165) is 0 Å². The quantitative estimate of drug-likeness (QED) is 0.799. The number of hydrogen-bond donors (Lipinski definition) is 0. The van der Waals surface area contributed by atoms with Crippen LogP contribution in [0.2, 0.25) is 0 Å². The van der Waals surface area contributed by atoms with Crippen LogP contribution < -0.4 is 0 Å². The lowest BCUT2D eigenvalue weighted by atomic mass is 10.1. The molecule has 0 atom stereocenters. The van der Waals surface area contributed by atoms with E-state index in [4.69, 9.17) is 4.84 Å². The zero-order valence-corrected chi connectivity index (χ0v) is 11.5. The first-order chi connectivity index (χ1) is 10.5. The molecule has 1 aliphatic rings. The Hall–Kier alpha value is -3.02. The molecule has 1 aliphatic heterocycles. The van der Waals surface area contributed by atoms with Crippen LogP contribution in [0.15, 0.2) is 42.5 Å². The van der Waals surface area contributed by atoms with Crippen molar-refractivity contribution in [3.8, 4) is 0 Å². The van der Waals surface area contributed by atoms with Crippen LogP contribution >= 0.6 is 0 Å². The van der Waals surface area contributed by atoms with Crippen molar-refractivity contribution in [2.75, 3.05) is 0 Å². The van der Waals surface area contributed by atoms with Crippen molar-refractivity contribution in [1.82, 2.24) is 5.06 Å². The molecule has 0 saturated carbocycles. The van der Waals surface area contributed by atoms with E-state index >= 15 is 0 Å². The maximum atomic E-state index is 13.5. The van der Waals surface area contributed by atoms with Crippen LogP contribution in [0.25, 0.3) is 0 Å². The van der Waals surface area contributed by atoms with Crippen LogP contribution in [-0.2, 0) is 4.84 Å². The van der Waals surface area contributed by atoms with Gasteiger partial charge >= 0.3 is 5.97 Å². The maximum Gasteiger partial charge on any atom is 0.364 e. The van der Waals surface area contributed by atoms with Gasteiger partial charge in [-0.2, -0.15) is 0 Å². The second-order valence-corrected chi connectivity index (χ2v) is 4.74. The number of fused-ring (bicyclic) bond motifs is 1. The lowest BCUT2D eigenvalue weighted by molar-refractivity contribution is -0.0585. The summed E-state index contributed by atoms with van der Waals surface area (Å²) in [7, 11) is 0. The average molecular weight is 299 g/mol. The number of hydrogen-bond acceptors (Lipinski definition) is 4. The van der Waals surface area contributed by atoms with E-state index in [1.165, 1.54) is 37.3 Å². The van der Waals surface area contributed by atoms with Crippen molar-refractivity contribution in [2.24, 2.45) is 0 Å². The monoisotopic (exact) mass is 299 g/mol. The standard InChI is InChI=1S/C16H10FNO4/c1-9-10(7-4-8-13(9)17)16(21)22-18-14(19)11-5-2-3-6-12(11)15(18)20/h2-8H,1H3. The molecule has 2 aromatic rings. The number of amides is 2. The minimum Gasteiger partial charge on any atom is -0.324 e. The molecular formula is C16H10FNO4. The number of halogens is 1. The minimum atomic E-state index is -0.966. The topological polar surface area (TPSA) is 63.7 Å². The molecule has 110 valence electrons. The Morgan fingerprint density at radius 1 is 1.00 bits per heavy atom. The first-order valence-corrected chi connectivity index (χ1v) is 6.46. The molecule has 0 aromatic heterocycles. The summed E-state index contributed by atoms with van der Waals surface area (Å²) in [5.41, 5.74) is 0.369. The van der Waals surface area contributed by atoms with Gasteiger partial charge in [-0.1, -0.05) is 23.3 Å². The minimum absolute atomic E-state index is 0.0449. The molecule has 0 N–H and O–H groups in total. The third-order valence-corrected chi connectivity index (χ3v) is 3.42. The first-order valence-electron chi connectivity index (χ1n) is 6.46. The van der Waals surface area contributed by atoms with Gasteiger partial charge in [-0.25, -0.2) is 9.18 Å². The zero-order chi connectivity index (χ0) is 15.9. The Bertz CT molecular complexity index is 781. The van der Waals surface area contributed by atoms with Crippen molar-refractivity contribution in [3.05, 3.63) is 70.5 Å². The summed E-state index contributed by atoms with van der Waals surface area (Å²) >= 11 is 0. The summed E-state index contributed by atoms with van der Waals surface area (Å²) in [6, 6.07) is 10.1. The van der Waals surface area contributed by atoms with E-state index in [0.29, 0.717) is 5.06 Å². The van der Waals surface area contributed by atoms with Crippen molar-refractivity contribution < 1.29 is 23.6 Å². The first kappa shape index (κ1) is 13.9. The van der Waals surface area contributed by atoms with Crippen LogP contribution in [0.4, 0.5) is 4.39 Å². The number of rotatable bonds is 2. The number of hydroxylamine groups is 2. The van der Waals surface area contributed by atoms with Gasteiger partial charge in [-0.3, -0.25) is 9.59 Å². The molecule has 0 spiro atoms. The zero-order valence-electron chi connectivity index (χ0n) is 11.5. The van der Waals surface area contributed by atoms with Gasteiger partial charge in [0.2, 0.25) is 0 Å². The molecule has 5 nitrogen and oxygen atoms in total. The number of carbonyl (C=O) groups is 3. The number of carbonyl (C=O) groups excluding carboxylic acids is 3. The maximum absolute atomic E-state index is 13.5. The van der Waals surface area contributed by atoms with E-state index in [1.54, 1.807) is 12.1 Å². The van der Waals surface area contributed by atoms with Crippen LogP contribution in [0, 0.1) is 12.7 Å². The summed E-state index contributed by atoms with van der Waals surface area (Å²) in [4.78, 5) is 41.1.